The van der Waals surface area contributed by atoms with Gasteiger partial charge in [0.2, 0.25) is 0 Å². The molecule has 0 fully saturated rings. The van der Waals surface area contributed by atoms with Crippen LogP contribution < -0.4 is 10.2 Å². The minimum absolute atomic E-state index is 0.427. The fraction of sp³-hybridized carbons (Fsp3) is 0.308. The summed E-state index contributed by atoms with van der Waals surface area (Å²) in [7, 11) is 4.14. The van der Waals surface area contributed by atoms with Gasteiger partial charge in [-0.25, -0.2) is 4.98 Å². The molecule has 0 bridgehead atoms. The molecule has 0 amide bonds. The van der Waals surface area contributed by atoms with Gasteiger partial charge in [0.15, 0.2) is 0 Å². The highest BCUT2D eigenvalue weighted by molar-refractivity contribution is 5.80. The number of likely N-dealkylation sites (N-methyl/N-ethyl adjacent to an activating group) is 1. The molecule has 31 heavy (non-hydrogen) atoms. The van der Waals surface area contributed by atoms with E-state index in [0.717, 1.165) is 60.0 Å². The molecule has 5 heteroatoms. The Kier molecular flexibility index (Phi) is 6.63. The molecule has 0 N–H and O–H groups in total. The first-order valence-corrected chi connectivity index (χ1v) is 10.9. The van der Waals surface area contributed by atoms with Crippen LogP contribution >= 0.6 is 0 Å². The molecule has 1 atom stereocenters. The van der Waals surface area contributed by atoms with Crippen molar-refractivity contribution in [1.82, 2.24) is 14.5 Å². The fourth-order valence-corrected chi connectivity index (χ4v) is 3.76. The highest BCUT2D eigenvalue weighted by Gasteiger charge is 2.20. The van der Waals surface area contributed by atoms with Gasteiger partial charge in [-0.2, -0.15) is 0 Å². The van der Waals surface area contributed by atoms with Crippen LogP contribution in [-0.4, -0.2) is 41.6 Å². The lowest BCUT2D eigenvalue weighted by molar-refractivity contribution is 0.417. The predicted octanol–water partition coefficient (Wildman–Crippen LogP) is 4.61. The van der Waals surface area contributed by atoms with Crippen molar-refractivity contribution in [2.24, 2.45) is 10.9 Å². The van der Waals surface area contributed by atoms with Crippen LogP contribution in [0, 0.1) is 5.92 Å². The highest BCUT2D eigenvalue weighted by Crippen LogP contribution is 2.35. The zero-order valence-electron chi connectivity index (χ0n) is 18.5. The van der Waals surface area contributed by atoms with Crippen molar-refractivity contribution in [3.8, 4) is 11.5 Å². The summed E-state index contributed by atoms with van der Waals surface area (Å²) in [5.41, 5.74) is 3.13. The number of hydrogen-bond donors (Lipinski definition) is 0. The van der Waals surface area contributed by atoms with E-state index in [2.05, 4.69) is 48.7 Å². The second-order valence-electron chi connectivity index (χ2n) is 8.22. The molecule has 0 spiro atoms. The summed E-state index contributed by atoms with van der Waals surface area (Å²) in [6.07, 6.45) is 5.23. The summed E-state index contributed by atoms with van der Waals surface area (Å²) < 4.78 is 8.52. The molecular formula is C26H30N4O. The third kappa shape index (κ3) is 5.12. The highest BCUT2D eigenvalue weighted by atomic mass is 16.5. The van der Waals surface area contributed by atoms with Gasteiger partial charge in [-0.05, 0) is 50.7 Å². The van der Waals surface area contributed by atoms with Gasteiger partial charge in [-0.15, -0.1) is 0 Å². The smallest absolute Gasteiger partial charge is 0.141 e. The summed E-state index contributed by atoms with van der Waals surface area (Å²) in [5.74, 6) is 3.03. The Hall–Kier alpha value is -3.18. The Bertz CT molecular complexity index is 1120. The van der Waals surface area contributed by atoms with E-state index in [1.165, 1.54) is 0 Å². The number of para-hydroxylation sites is 2. The van der Waals surface area contributed by atoms with Crippen molar-refractivity contribution >= 4 is 5.57 Å². The molecule has 2 heterocycles. The quantitative estimate of drug-likeness (QED) is 0.592. The van der Waals surface area contributed by atoms with Crippen molar-refractivity contribution in [2.75, 3.05) is 27.2 Å². The zero-order valence-corrected chi connectivity index (χ0v) is 18.5. The molecule has 4 rings (SSSR count). The summed E-state index contributed by atoms with van der Waals surface area (Å²) in [4.78, 5) is 11.8. The maximum Gasteiger partial charge on any atom is 0.141 e. The summed E-state index contributed by atoms with van der Waals surface area (Å²) >= 11 is 0. The molecule has 1 aromatic heterocycles. The van der Waals surface area contributed by atoms with Crippen LogP contribution in [0.2, 0.25) is 0 Å². The maximum atomic E-state index is 6.27. The lowest BCUT2D eigenvalue weighted by Gasteiger charge is -2.16. The molecule has 5 nitrogen and oxygen atoms in total. The van der Waals surface area contributed by atoms with Gasteiger partial charge in [0.25, 0.3) is 0 Å². The van der Waals surface area contributed by atoms with Crippen molar-refractivity contribution in [2.45, 2.75) is 19.9 Å². The monoisotopic (exact) mass is 414 g/mol. The molecule has 2 aromatic carbocycles. The minimum atomic E-state index is 0.427. The van der Waals surface area contributed by atoms with E-state index in [1.54, 1.807) is 0 Å². The van der Waals surface area contributed by atoms with E-state index in [4.69, 9.17) is 14.7 Å². The molecule has 0 saturated heterocycles. The standard InChI is InChI=1S/C26H30N4O/c1-20-14-17-30-25(27-16-18-29(2)3)13-15-28-26(30)23(19-20)22-11-7-8-12-24(22)31-21-9-5-4-6-10-21/h4-13,15,19-20H,14,16-18H2,1-3H3. The first-order chi connectivity index (χ1) is 15.1. The summed E-state index contributed by atoms with van der Waals surface area (Å²) in [6.45, 7) is 4.84. The fourth-order valence-electron chi connectivity index (χ4n) is 3.76. The number of aromatic nitrogens is 2. The molecule has 0 aliphatic carbocycles. The number of ether oxygens (including phenoxy) is 1. The van der Waals surface area contributed by atoms with Gasteiger partial charge < -0.3 is 14.2 Å². The van der Waals surface area contributed by atoms with E-state index < -0.39 is 0 Å². The Labute approximate surface area is 184 Å². The van der Waals surface area contributed by atoms with E-state index in [-0.39, 0.29) is 0 Å². The largest absolute Gasteiger partial charge is 0.457 e. The van der Waals surface area contributed by atoms with Gasteiger partial charge >= 0.3 is 0 Å². The normalized spacial score (nSPS) is 16.6. The predicted molar refractivity (Wildman–Crippen MR) is 125 cm³/mol. The second-order valence-corrected chi connectivity index (χ2v) is 8.22. The Morgan fingerprint density at radius 1 is 1.06 bits per heavy atom. The van der Waals surface area contributed by atoms with E-state index in [1.807, 2.05) is 54.7 Å². The topological polar surface area (TPSA) is 42.7 Å². The average Bonchev–Trinajstić information content (AvgIpc) is 2.94. The average molecular weight is 415 g/mol. The number of benzene rings is 2. The van der Waals surface area contributed by atoms with Crippen LogP contribution in [-0.2, 0) is 6.54 Å². The van der Waals surface area contributed by atoms with Crippen molar-refractivity contribution in [3.63, 3.8) is 0 Å². The van der Waals surface area contributed by atoms with Gasteiger partial charge in [-0.1, -0.05) is 49.4 Å². The van der Waals surface area contributed by atoms with E-state index in [9.17, 15) is 0 Å². The number of hydrogen-bond acceptors (Lipinski definition) is 4. The third-order valence-electron chi connectivity index (χ3n) is 5.42. The zero-order chi connectivity index (χ0) is 21.6. The molecule has 1 aliphatic rings. The SMILES string of the molecule is CC1C=C(c2ccccc2Oc2ccccc2)c2nccc(=NCCN(C)C)n2CC1. The van der Waals surface area contributed by atoms with Crippen LogP contribution in [0.5, 0.6) is 11.5 Å². The van der Waals surface area contributed by atoms with Crippen LogP contribution in [0.15, 0.2) is 77.9 Å². The molecule has 160 valence electrons. The number of fused-ring (bicyclic) bond motifs is 1. The second kappa shape index (κ2) is 9.75. The third-order valence-corrected chi connectivity index (χ3v) is 5.42. The molecule has 0 radical (unpaired) electrons. The molecule has 3 aromatic rings. The van der Waals surface area contributed by atoms with Crippen LogP contribution in [0.1, 0.15) is 24.7 Å². The lowest BCUT2D eigenvalue weighted by atomic mass is 9.99. The van der Waals surface area contributed by atoms with E-state index >= 15 is 0 Å². The first-order valence-electron chi connectivity index (χ1n) is 10.9. The van der Waals surface area contributed by atoms with Gasteiger partial charge in [-0.3, -0.25) is 4.99 Å². The molecule has 0 saturated carbocycles. The first kappa shape index (κ1) is 21.1. The minimum Gasteiger partial charge on any atom is -0.457 e. The van der Waals surface area contributed by atoms with E-state index in [0.29, 0.717) is 5.92 Å². The van der Waals surface area contributed by atoms with Crippen LogP contribution in [0.4, 0.5) is 0 Å². The van der Waals surface area contributed by atoms with Gasteiger partial charge in [0.1, 0.15) is 22.8 Å². The maximum absolute atomic E-state index is 6.27. The van der Waals surface area contributed by atoms with Crippen LogP contribution in [0.3, 0.4) is 0 Å². The Morgan fingerprint density at radius 3 is 2.65 bits per heavy atom. The number of rotatable bonds is 6. The number of allylic oxidation sites excluding steroid dienone is 1. The van der Waals surface area contributed by atoms with Crippen LogP contribution in [0.25, 0.3) is 5.57 Å². The molecular weight excluding hydrogens is 384 g/mol. The van der Waals surface area contributed by atoms with Crippen molar-refractivity contribution in [1.29, 1.82) is 0 Å². The summed E-state index contributed by atoms with van der Waals surface area (Å²) in [6, 6.07) is 20.1. The molecule has 1 aliphatic heterocycles. The van der Waals surface area contributed by atoms with Crippen molar-refractivity contribution < 1.29 is 4.74 Å². The van der Waals surface area contributed by atoms with Gasteiger partial charge in [0.05, 0.1) is 6.54 Å². The summed E-state index contributed by atoms with van der Waals surface area (Å²) in [5, 5.41) is 0. The van der Waals surface area contributed by atoms with Crippen molar-refractivity contribution in [3.05, 3.63) is 89.8 Å². The number of nitrogens with zero attached hydrogens (tertiary/aromatic N) is 4. The Balaban J connectivity index is 1.78. The Morgan fingerprint density at radius 2 is 1.84 bits per heavy atom. The van der Waals surface area contributed by atoms with Gasteiger partial charge in [0, 0.05) is 30.4 Å². The molecule has 1 unspecified atom stereocenters. The lowest BCUT2D eigenvalue weighted by Crippen LogP contribution is -2.26.